The number of piperidine rings is 1. The molecule has 0 radical (unpaired) electrons. The molecule has 1 aromatic rings. The smallest absolute Gasteiger partial charge is 0.129 e. The van der Waals surface area contributed by atoms with Gasteiger partial charge in [0, 0.05) is 30.9 Å². The molecule has 2 rings (SSSR count). The fraction of sp³-hybridized carbons (Fsp3) is 0.647. The molecular weight excluding hydrogens is 251 g/mol. The first-order chi connectivity index (χ1) is 9.76. The van der Waals surface area contributed by atoms with Crippen molar-refractivity contribution in [1.29, 1.82) is 0 Å². The van der Waals surface area contributed by atoms with Crippen molar-refractivity contribution < 1.29 is 4.39 Å². The summed E-state index contributed by atoms with van der Waals surface area (Å²) >= 11 is 0. The molecule has 1 aliphatic heterocycles. The SMILES string of the molecule is CCCC1CCN(c2cccc(F)c2CNCC)CC1. The fourth-order valence-corrected chi connectivity index (χ4v) is 3.14. The fourth-order valence-electron chi connectivity index (χ4n) is 3.14. The summed E-state index contributed by atoms with van der Waals surface area (Å²) in [5, 5.41) is 3.25. The van der Waals surface area contributed by atoms with E-state index in [0.717, 1.165) is 36.8 Å². The van der Waals surface area contributed by atoms with Crippen LogP contribution in [0.25, 0.3) is 0 Å². The van der Waals surface area contributed by atoms with Gasteiger partial charge in [-0.2, -0.15) is 0 Å². The molecule has 1 heterocycles. The van der Waals surface area contributed by atoms with Crippen LogP contribution in [0, 0.1) is 11.7 Å². The predicted molar refractivity (Wildman–Crippen MR) is 83.6 cm³/mol. The zero-order valence-electron chi connectivity index (χ0n) is 12.8. The molecule has 0 aromatic heterocycles. The largest absolute Gasteiger partial charge is 0.371 e. The molecule has 0 spiro atoms. The molecule has 0 unspecified atom stereocenters. The van der Waals surface area contributed by atoms with Gasteiger partial charge in [-0.1, -0.05) is 32.8 Å². The van der Waals surface area contributed by atoms with Crippen molar-refractivity contribution in [1.82, 2.24) is 5.32 Å². The lowest BCUT2D eigenvalue weighted by atomic mass is 9.92. The molecule has 2 nitrogen and oxygen atoms in total. The topological polar surface area (TPSA) is 15.3 Å². The molecule has 0 bridgehead atoms. The van der Waals surface area contributed by atoms with Crippen molar-refractivity contribution in [2.45, 2.75) is 46.1 Å². The van der Waals surface area contributed by atoms with Gasteiger partial charge >= 0.3 is 0 Å². The normalized spacial score (nSPS) is 16.6. The maximum atomic E-state index is 14.1. The number of nitrogens with zero attached hydrogens (tertiary/aromatic N) is 1. The molecule has 20 heavy (non-hydrogen) atoms. The van der Waals surface area contributed by atoms with E-state index in [9.17, 15) is 4.39 Å². The van der Waals surface area contributed by atoms with Crippen LogP contribution < -0.4 is 10.2 Å². The third-order valence-electron chi connectivity index (χ3n) is 4.30. The van der Waals surface area contributed by atoms with Crippen molar-refractivity contribution in [2.24, 2.45) is 5.92 Å². The number of benzene rings is 1. The molecule has 0 atom stereocenters. The van der Waals surface area contributed by atoms with Gasteiger partial charge in [0.25, 0.3) is 0 Å². The van der Waals surface area contributed by atoms with Crippen LogP contribution in [0.3, 0.4) is 0 Å². The Bertz CT molecular complexity index is 411. The quantitative estimate of drug-likeness (QED) is 0.847. The highest BCUT2D eigenvalue weighted by Crippen LogP contribution is 2.29. The molecule has 0 saturated carbocycles. The lowest BCUT2D eigenvalue weighted by Gasteiger charge is -2.35. The summed E-state index contributed by atoms with van der Waals surface area (Å²) in [5.74, 6) is 0.779. The minimum Gasteiger partial charge on any atom is -0.371 e. The molecule has 3 heteroatoms. The van der Waals surface area contributed by atoms with Gasteiger partial charge in [-0.05, 0) is 37.4 Å². The second-order valence-electron chi connectivity index (χ2n) is 5.74. The van der Waals surface area contributed by atoms with Gasteiger partial charge in [-0.25, -0.2) is 4.39 Å². The first-order valence-corrected chi connectivity index (χ1v) is 7.99. The van der Waals surface area contributed by atoms with Gasteiger partial charge in [0.2, 0.25) is 0 Å². The summed E-state index contributed by atoms with van der Waals surface area (Å²) < 4.78 is 14.1. The Morgan fingerprint density at radius 2 is 2.00 bits per heavy atom. The molecule has 1 aromatic carbocycles. The van der Waals surface area contributed by atoms with E-state index in [1.807, 2.05) is 6.07 Å². The van der Waals surface area contributed by atoms with Crippen LogP contribution >= 0.6 is 0 Å². The average molecular weight is 278 g/mol. The average Bonchev–Trinajstić information content (AvgIpc) is 2.47. The maximum absolute atomic E-state index is 14.1. The summed E-state index contributed by atoms with van der Waals surface area (Å²) in [6.45, 7) is 7.92. The van der Waals surface area contributed by atoms with E-state index in [1.165, 1.54) is 25.7 Å². The van der Waals surface area contributed by atoms with Crippen molar-refractivity contribution in [3.63, 3.8) is 0 Å². The van der Waals surface area contributed by atoms with E-state index in [2.05, 4.69) is 30.1 Å². The lowest BCUT2D eigenvalue weighted by Crippen LogP contribution is -2.34. The van der Waals surface area contributed by atoms with Crippen molar-refractivity contribution in [3.05, 3.63) is 29.6 Å². The van der Waals surface area contributed by atoms with Crippen LogP contribution in [-0.2, 0) is 6.54 Å². The first-order valence-electron chi connectivity index (χ1n) is 7.99. The number of anilines is 1. The third-order valence-corrected chi connectivity index (χ3v) is 4.30. The van der Waals surface area contributed by atoms with Gasteiger partial charge < -0.3 is 10.2 Å². The molecule has 0 amide bonds. The van der Waals surface area contributed by atoms with Crippen LogP contribution in [-0.4, -0.2) is 19.6 Å². The Morgan fingerprint density at radius 3 is 2.65 bits per heavy atom. The maximum Gasteiger partial charge on any atom is 0.129 e. The van der Waals surface area contributed by atoms with Gasteiger partial charge in [0.1, 0.15) is 5.82 Å². The van der Waals surface area contributed by atoms with E-state index < -0.39 is 0 Å². The first kappa shape index (κ1) is 15.3. The van der Waals surface area contributed by atoms with E-state index in [0.29, 0.717) is 6.54 Å². The Labute approximate surface area is 122 Å². The number of hydrogen-bond acceptors (Lipinski definition) is 2. The van der Waals surface area contributed by atoms with Crippen LogP contribution in [0.2, 0.25) is 0 Å². The predicted octanol–water partition coefficient (Wildman–Crippen LogP) is 3.95. The van der Waals surface area contributed by atoms with Crippen molar-refractivity contribution >= 4 is 5.69 Å². The van der Waals surface area contributed by atoms with Crippen LogP contribution in [0.1, 0.15) is 45.1 Å². The molecule has 1 saturated heterocycles. The van der Waals surface area contributed by atoms with E-state index >= 15 is 0 Å². The molecule has 1 aliphatic rings. The monoisotopic (exact) mass is 278 g/mol. The van der Waals surface area contributed by atoms with E-state index in [-0.39, 0.29) is 5.82 Å². The zero-order valence-corrected chi connectivity index (χ0v) is 12.8. The van der Waals surface area contributed by atoms with Crippen LogP contribution in [0.15, 0.2) is 18.2 Å². The van der Waals surface area contributed by atoms with Gasteiger partial charge in [-0.15, -0.1) is 0 Å². The minimum atomic E-state index is -0.0841. The Balaban J connectivity index is 2.07. The summed E-state index contributed by atoms with van der Waals surface area (Å²) in [7, 11) is 0. The van der Waals surface area contributed by atoms with Crippen LogP contribution in [0.4, 0.5) is 10.1 Å². The number of nitrogens with one attached hydrogen (secondary N) is 1. The second-order valence-corrected chi connectivity index (χ2v) is 5.74. The van der Waals surface area contributed by atoms with E-state index in [4.69, 9.17) is 0 Å². The molecule has 0 aliphatic carbocycles. The highest BCUT2D eigenvalue weighted by molar-refractivity contribution is 5.54. The number of rotatable bonds is 6. The Morgan fingerprint density at radius 1 is 1.25 bits per heavy atom. The van der Waals surface area contributed by atoms with Gasteiger partial charge in [0.05, 0.1) is 0 Å². The molecule has 1 N–H and O–H groups in total. The Hall–Kier alpha value is -1.09. The third kappa shape index (κ3) is 3.72. The summed E-state index contributed by atoms with van der Waals surface area (Å²) in [4.78, 5) is 2.36. The van der Waals surface area contributed by atoms with E-state index in [1.54, 1.807) is 6.07 Å². The molecular formula is C17H27FN2. The molecule has 112 valence electrons. The number of hydrogen-bond donors (Lipinski definition) is 1. The Kier molecular flexibility index (Phi) is 5.84. The second kappa shape index (κ2) is 7.63. The van der Waals surface area contributed by atoms with Crippen LogP contribution in [0.5, 0.6) is 0 Å². The van der Waals surface area contributed by atoms with Gasteiger partial charge in [0.15, 0.2) is 0 Å². The standard InChI is InChI=1S/C17H27FN2/c1-3-6-14-9-11-20(12-10-14)17-8-5-7-16(18)15(17)13-19-4-2/h5,7-8,14,19H,3-4,6,9-13H2,1-2H3. The highest BCUT2D eigenvalue weighted by atomic mass is 19.1. The summed E-state index contributed by atoms with van der Waals surface area (Å²) in [5.41, 5.74) is 1.91. The molecule has 1 fully saturated rings. The van der Waals surface area contributed by atoms with Crippen molar-refractivity contribution in [2.75, 3.05) is 24.5 Å². The highest BCUT2D eigenvalue weighted by Gasteiger charge is 2.21. The zero-order chi connectivity index (χ0) is 14.4. The van der Waals surface area contributed by atoms with Gasteiger partial charge in [-0.3, -0.25) is 0 Å². The number of halogens is 1. The van der Waals surface area contributed by atoms with Crippen molar-refractivity contribution in [3.8, 4) is 0 Å². The summed E-state index contributed by atoms with van der Waals surface area (Å²) in [6.07, 6.45) is 5.09. The lowest BCUT2D eigenvalue weighted by molar-refractivity contribution is 0.378. The summed E-state index contributed by atoms with van der Waals surface area (Å²) in [6, 6.07) is 5.47. The minimum absolute atomic E-state index is 0.0841.